The van der Waals surface area contributed by atoms with Gasteiger partial charge in [-0.25, -0.2) is 10.7 Å². The second-order valence-corrected chi connectivity index (χ2v) is 5.76. The fourth-order valence-corrected chi connectivity index (χ4v) is 2.61. The van der Waals surface area contributed by atoms with E-state index in [0.29, 0.717) is 13.0 Å². The van der Waals surface area contributed by atoms with Crippen molar-refractivity contribution in [1.29, 1.82) is 0 Å². The maximum Gasteiger partial charge on any atom is 0.335 e. The Balaban J connectivity index is 0.00000127. The standard InChI is InChI=1S/C16H22N2O3.H3NO/c1-17(2)8-3-4-15(19)18-9-7-12-5-6-13(16(20)21)10-14(12)11-18;1-2/h5-6,10H,3-4,7-9,11H2,1-2H3,(H,20,21);2H,1H2. The molecule has 23 heavy (non-hydrogen) atoms. The fraction of sp³-hybridized carbons (Fsp3) is 0.500. The van der Waals surface area contributed by atoms with Gasteiger partial charge in [-0.1, -0.05) is 6.07 Å². The highest BCUT2D eigenvalue weighted by molar-refractivity contribution is 5.88. The van der Waals surface area contributed by atoms with Crippen LogP contribution in [0.15, 0.2) is 18.2 Å². The zero-order valence-electron chi connectivity index (χ0n) is 13.7. The number of carboxylic acids is 1. The SMILES string of the molecule is CN(C)CCCC(=O)N1CCc2ccc(C(=O)O)cc2C1.NO. The fourth-order valence-electron chi connectivity index (χ4n) is 2.61. The van der Waals surface area contributed by atoms with Gasteiger partial charge in [0.05, 0.1) is 5.56 Å². The summed E-state index contributed by atoms with van der Waals surface area (Å²) in [6.45, 7) is 2.15. The third kappa shape index (κ3) is 5.63. The van der Waals surface area contributed by atoms with Crippen molar-refractivity contribution < 1.29 is 19.9 Å². The Labute approximate surface area is 136 Å². The number of rotatable bonds is 5. The maximum atomic E-state index is 12.2. The average Bonchev–Trinajstić information content (AvgIpc) is 2.55. The molecule has 0 unspecified atom stereocenters. The Morgan fingerprint density at radius 3 is 2.57 bits per heavy atom. The third-order valence-corrected chi connectivity index (χ3v) is 3.81. The van der Waals surface area contributed by atoms with Gasteiger partial charge in [-0.3, -0.25) is 4.79 Å². The second kappa shape index (κ2) is 9.24. The van der Waals surface area contributed by atoms with E-state index in [2.05, 4.69) is 10.8 Å². The van der Waals surface area contributed by atoms with Crippen LogP contribution in [0.4, 0.5) is 0 Å². The molecule has 1 aliphatic rings. The molecule has 0 spiro atoms. The Bertz CT molecular complexity index is 546. The summed E-state index contributed by atoms with van der Waals surface area (Å²) in [6, 6.07) is 5.19. The number of nitrogens with zero attached hydrogens (tertiary/aromatic N) is 2. The van der Waals surface area contributed by atoms with Gasteiger partial charge >= 0.3 is 5.97 Å². The van der Waals surface area contributed by atoms with Gasteiger partial charge in [0, 0.05) is 19.5 Å². The third-order valence-electron chi connectivity index (χ3n) is 3.81. The van der Waals surface area contributed by atoms with Crippen molar-refractivity contribution >= 4 is 11.9 Å². The molecule has 0 atom stereocenters. The van der Waals surface area contributed by atoms with Crippen LogP contribution in [0.3, 0.4) is 0 Å². The summed E-state index contributed by atoms with van der Waals surface area (Å²) in [5, 5.41) is 15.5. The van der Waals surface area contributed by atoms with Gasteiger partial charge in [-0.15, -0.1) is 0 Å². The summed E-state index contributed by atoms with van der Waals surface area (Å²) in [4.78, 5) is 27.1. The smallest absolute Gasteiger partial charge is 0.335 e. The molecule has 1 amide bonds. The number of carbonyl (C=O) groups is 2. The van der Waals surface area contributed by atoms with Gasteiger partial charge in [-0.2, -0.15) is 0 Å². The van der Waals surface area contributed by atoms with Crippen molar-refractivity contribution in [1.82, 2.24) is 9.80 Å². The van der Waals surface area contributed by atoms with E-state index in [1.807, 2.05) is 25.1 Å². The van der Waals surface area contributed by atoms with Crippen LogP contribution in [0, 0.1) is 0 Å². The molecular formula is C16H25N3O4. The second-order valence-electron chi connectivity index (χ2n) is 5.76. The predicted molar refractivity (Wildman–Crippen MR) is 86.3 cm³/mol. The molecule has 0 saturated heterocycles. The van der Waals surface area contributed by atoms with Crippen molar-refractivity contribution in [3.8, 4) is 0 Å². The van der Waals surface area contributed by atoms with E-state index < -0.39 is 5.97 Å². The number of carboxylic acid groups (broad SMARTS) is 1. The Kier molecular flexibility index (Phi) is 7.67. The summed E-state index contributed by atoms with van der Waals surface area (Å²) in [7, 11) is 3.99. The van der Waals surface area contributed by atoms with Crippen LogP contribution in [0.25, 0.3) is 0 Å². The summed E-state index contributed by atoms with van der Waals surface area (Å²) in [6.07, 6.45) is 2.20. The van der Waals surface area contributed by atoms with Gasteiger partial charge < -0.3 is 20.1 Å². The van der Waals surface area contributed by atoms with Gasteiger partial charge in [0.1, 0.15) is 0 Å². The van der Waals surface area contributed by atoms with E-state index in [1.54, 1.807) is 12.1 Å². The van der Waals surface area contributed by atoms with E-state index >= 15 is 0 Å². The molecule has 0 fully saturated rings. The number of carbonyl (C=O) groups excluding carboxylic acids is 1. The van der Waals surface area contributed by atoms with E-state index in [1.165, 1.54) is 0 Å². The lowest BCUT2D eigenvalue weighted by molar-refractivity contribution is -0.132. The molecule has 1 aromatic carbocycles. The molecule has 1 aliphatic heterocycles. The minimum Gasteiger partial charge on any atom is -0.478 e. The van der Waals surface area contributed by atoms with Crippen molar-refractivity contribution in [2.75, 3.05) is 27.2 Å². The normalized spacial score (nSPS) is 13.2. The van der Waals surface area contributed by atoms with Crippen molar-refractivity contribution in [2.24, 2.45) is 5.90 Å². The Hall–Kier alpha value is -1.96. The first-order valence-corrected chi connectivity index (χ1v) is 7.51. The van der Waals surface area contributed by atoms with Gasteiger partial charge in [0.2, 0.25) is 5.91 Å². The maximum absolute atomic E-state index is 12.2. The number of fused-ring (bicyclic) bond motifs is 1. The summed E-state index contributed by atoms with van der Waals surface area (Å²) in [5.41, 5.74) is 2.40. The molecular weight excluding hydrogens is 298 g/mol. The van der Waals surface area contributed by atoms with Crippen molar-refractivity contribution in [3.05, 3.63) is 34.9 Å². The first kappa shape index (κ1) is 19.1. The van der Waals surface area contributed by atoms with Crippen LogP contribution < -0.4 is 5.90 Å². The van der Waals surface area contributed by atoms with E-state index in [0.717, 1.165) is 37.1 Å². The highest BCUT2D eigenvalue weighted by Crippen LogP contribution is 2.21. The number of hydrogen-bond donors (Lipinski definition) is 3. The van der Waals surface area contributed by atoms with Gasteiger partial charge in [0.15, 0.2) is 0 Å². The lowest BCUT2D eigenvalue weighted by atomic mass is 9.97. The van der Waals surface area contributed by atoms with Crippen LogP contribution >= 0.6 is 0 Å². The number of nitrogens with two attached hydrogens (primary N) is 1. The van der Waals surface area contributed by atoms with E-state index in [-0.39, 0.29) is 11.5 Å². The molecule has 128 valence electrons. The molecule has 7 nitrogen and oxygen atoms in total. The Morgan fingerprint density at radius 1 is 1.26 bits per heavy atom. The predicted octanol–water partition coefficient (Wildman–Crippen LogP) is 0.946. The Morgan fingerprint density at radius 2 is 1.96 bits per heavy atom. The summed E-state index contributed by atoms with van der Waals surface area (Å²) in [5.74, 6) is 2.73. The number of hydrogen-bond acceptors (Lipinski definition) is 5. The molecule has 0 radical (unpaired) electrons. The average molecular weight is 323 g/mol. The molecule has 1 aromatic rings. The minimum atomic E-state index is -0.924. The first-order valence-electron chi connectivity index (χ1n) is 7.51. The molecule has 0 bridgehead atoms. The van der Waals surface area contributed by atoms with Crippen LogP contribution in [-0.2, 0) is 17.8 Å². The molecule has 2 rings (SSSR count). The molecule has 7 heteroatoms. The topological polar surface area (TPSA) is 107 Å². The monoisotopic (exact) mass is 323 g/mol. The van der Waals surface area contributed by atoms with Crippen molar-refractivity contribution in [2.45, 2.75) is 25.8 Å². The molecule has 0 saturated carbocycles. The van der Waals surface area contributed by atoms with Crippen molar-refractivity contribution in [3.63, 3.8) is 0 Å². The zero-order valence-corrected chi connectivity index (χ0v) is 13.7. The summed E-state index contributed by atoms with van der Waals surface area (Å²) < 4.78 is 0. The molecule has 0 aromatic heterocycles. The molecule has 4 N–H and O–H groups in total. The minimum absolute atomic E-state index is 0.156. The quantitative estimate of drug-likeness (QED) is 0.696. The van der Waals surface area contributed by atoms with Crippen LogP contribution in [0.2, 0.25) is 0 Å². The first-order chi connectivity index (χ1) is 11.0. The largest absolute Gasteiger partial charge is 0.478 e. The zero-order chi connectivity index (χ0) is 17.4. The highest BCUT2D eigenvalue weighted by Gasteiger charge is 2.21. The molecule has 1 heterocycles. The lowest BCUT2D eigenvalue weighted by Gasteiger charge is -2.29. The van der Waals surface area contributed by atoms with Crippen LogP contribution in [0.1, 0.15) is 34.3 Å². The summed E-state index contributed by atoms with van der Waals surface area (Å²) >= 11 is 0. The highest BCUT2D eigenvalue weighted by atomic mass is 16.4. The number of amides is 1. The van der Waals surface area contributed by atoms with Crippen LogP contribution in [-0.4, -0.2) is 59.2 Å². The molecule has 0 aliphatic carbocycles. The number of aromatic carboxylic acids is 1. The van der Waals surface area contributed by atoms with Gasteiger partial charge in [-0.05, 0) is 56.7 Å². The lowest BCUT2D eigenvalue weighted by Crippen LogP contribution is -2.36. The number of benzene rings is 1. The van der Waals surface area contributed by atoms with E-state index in [9.17, 15) is 9.59 Å². The van der Waals surface area contributed by atoms with Gasteiger partial charge in [0.25, 0.3) is 0 Å². The van der Waals surface area contributed by atoms with E-state index in [4.69, 9.17) is 10.3 Å². The van der Waals surface area contributed by atoms with Crippen LogP contribution in [0.5, 0.6) is 0 Å².